The summed E-state index contributed by atoms with van der Waals surface area (Å²) in [7, 11) is 0. The number of amides is 1. The van der Waals surface area contributed by atoms with E-state index in [1.165, 1.54) is 31.4 Å². The Labute approximate surface area is 132 Å². The molecular formula is C18H26N2O2. The third kappa shape index (κ3) is 4.23. The van der Waals surface area contributed by atoms with Crippen LogP contribution in [0.25, 0.3) is 0 Å². The van der Waals surface area contributed by atoms with Crippen molar-refractivity contribution in [2.45, 2.75) is 51.0 Å². The molecule has 0 bridgehead atoms. The lowest BCUT2D eigenvalue weighted by molar-refractivity contribution is -0.119. The predicted octanol–water partition coefficient (Wildman–Crippen LogP) is 3.57. The zero-order chi connectivity index (χ0) is 15.2. The lowest BCUT2D eigenvalue weighted by Crippen LogP contribution is -2.29. The second-order valence-corrected chi connectivity index (χ2v) is 6.34. The number of carbonyl (C=O) groups is 1. The molecule has 0 radical (unpaired) electrons. The van der Waals surface area contributed by atoms with Crippen LogP contribution in [0, 0.1) is 0 Å². The van der Waals surface area contributed by atoms with Crippen molar-refractivity contribution in [2.75, 3.05) is 29.9 Å². The maximum atomic E-state index is 12.1. The van der Waals surface area contributed by atoms with Crippen molar-refractivity contribution >= 4 is 17.3 Å². The number of carbonyl (C=O) groups excluding carboxylic acids is 1. The molecule has 2 heterocycles. The number of hydrogen-bond donors (Lipinski definition) is 1. The summed E-state index contributed by atoms with van der Waals surface area (Å²) in [5, 5.41) is 2.98. The number of piperidine rings is 1. The Bertz CT molecular complexity index is 474. The number of nitrogens with one attached hydrogen (secondary N) is 1. The molecule has 0 aromatic heterocycles. The van der Waals surface area contributed by atoms with Gasteiger partial charge in [0.15, 0.2) is 0 Å². The van der Waals surface area contributed by atoms with Gasteiger partial charge in [-0.05, 0) is 62.8 Å². The predicted molar refractivity (Wildman–Crippen MR) is 89.3 cm³/mol. The van der Waals surface area contributed by atoms with Gasteiger partial charge in [-0.15, -0.1) is 0 Å². The van der Waals surface area contributed by atoms with E-state index < -0.39 is 0 Å². The molecule has 1 aromatic rings. The number of anilines is 2. The second kappa shape index (κ2) is 7.63. The molecule has 2 aliphatic heterocycles. The largest absolute Gasteiger partial charge is 0.378 e. The van der Waals surface area contributed by atoms with Crippen LogP contribution in [0.3, 0.4) is 0 Å². The van der Waals surface area contributed by atoms with Crippen molar-refractivity contribution < 1.29 is 9.53 Å². The summed E-state index contributed by atoms with van der Waals surface area (Å²) >= 11 is 0. The topological polar surface area (TPSA) is 41.6 Å². The van der Waals surface area contributed by atoms with Gasteiger partial charge in [0.1, 0.15) is 0 Å². The molecule has 2 aliphatic rings. The molecule has 2 saturated heterocycles. The van der Waals surface area contributed by atoms with Crippen LogP contribution >= 0.6 is 0 Å². The Morgan fingerprint density at radius 3 is 2.55 bits per heavy atom. The number of ether oxygens (including phenoxy) is 1. The molecule has 2 fully saturated rings. The number of nitrogens with zero attached hydrogens (tertiary/aromatic N) is 1. The van der Waals surface area contributed by atoms with E-state index in [-0.39, 0.29) is 12.0 Å². The molecule has 120 valence electrons. The first kappa shape index (κ1) is 15.3. The molecule has 1 amide bonds. The van der Waals surface area contributed by atoms with E-state index in [4.69, 9.17) is 4.74 Å². The van der Waals surface area contributed by atoms with E-state index in [0.29, 0.717) is 6.42 Å². The Kier molecular flexibility index (Phi) is 5.33. The van der Waals surface area contributed by atoms with Crippen molar-refractivity contribution in [3.8, 4) is 0 Å². The van der Waals surface area contributed by atoms with Crippen LogP contribution < -0.4 is 10.2 Å². The Morgan fingerprint density at radius 1 is 1.09 bits per heavy atom. The van der Waals surface area contributed by atoms with E-state index in [1.54, 1.807) is 0 Å². The summed E-state index contributed by atoms with van der Waals surface area (Å²) < 4.78 is 5.62. The normalized spacial score (nSPS) is 22.4. The van der Waals surface area contributed by atoms with Crippen LogP contribution in [0.4, 0.5) is 11.4 Å². The third-order valence-electron chi connectivity index (χ3n) is 4.56. The van der Waals surface area contributed by atoms with Crippen molar-refractivity contribution in [1.29, 1.82) is 0 Å². The monoisotopic (exact) mass is 302 g/mol. The fraction of sp³-hybridized carbons (Fsp3) is 0.611. The molecule has 3 rings (SSSR count). The molecule has 0 saturated carbocycles. The number of hydrogen-bond acceptors (Lipinski definition) is 3. The SMILES string of the molecule is O=C(CC1CCCCO1)Nc1ccc(N2CCCCC2)cc1. The Hall–Kier alpha value is -1.55. The Morgan fingerprint density at radius 2 is 1.86 bits per heavy atom. The van der Waals surface area contributed by atoms with E-state index in [0.717, 1.165) is 38.2 Å². The van der Waals surface area contributed by atoms with Crippen molar-refractivity contribution in [2.24, 2.45) is 0 Å². The highest BCUT2D eigenvalue weighted by Gasteiger charge is 2.17. The number of benzene rings is 1. The van der Waals surface area contributed by atoms with Crippen molar-refractivity contribution in [3.05, 3.63) is 24.3 Å². The van der Waals surface area contributed by atoms with Gasteiger partial charge in [0, 0.05) is 31.1 Å². The van der Waals surface area contributed by atoms with Gasteiger partial charge in [0.25, 0.3) is 0 Å². The third-order valence-corrected chi connectivity index (χ3v) is 4.56. The smallest absolute Gasteiger partial charge is 0.226 e. The minimum absolute atomic E-state index is 0.0534. The molecule has 1 unspecified atom stereocenters. The van der Waals surface area contributed by atoms with Gasteiger partial charge in [-0.3, -0.25) is 4.79 Å². The van der Waals surface area contributed by atoms with Crippen LogP contribution in [-0.2, 0) is 9.53 Å². The molecule has 1 aromatic carbocycles. The van der Waals surface area contributed by atoms with Crippen LogP contribution in [0.15, 0.2) is 24.3 Å². The highest BCUT2D eigenvalue weighted by atomic mass is 16.5. The van der Waals surface area contributed by atoms with Gasteiger partial charge in [0.05, 0.1) is 12.5 Å². The quantitative estimate of drug-likeness (QED) is 0.924. The summed E-state index contributed by atoms with van der Waals surface area (Å²) in [5.74, 6) is 0.0534. The maximum Gasteiger partial charge on any atom is 0.226 e. The first-order valence-corrected chi connectivity index (χ1v) is 8.58. The highest BCUT2D eigenvalue weighted by Crippen LogP contribution is 2.22. The van der Waals surface area contributed by atoms with E-state index in [9.17, 15) is 4.79 Å². The van der Waals surface area contributed by atoms with Crippen LogP contribution in [0.5, 0.6) is 0 Å². The van der Waals surface area contributed by atoms with Gasteiger partial charge in [-0.1, -0.05) is 0 Å². The van der Waals surface area contributed by atoms with Crippen LogP contribution in [0.1, 0.15) is 44.9 Å². The fourth-order valence-corrected chi connectivity index (χ4v) is 3.29. The summed E-state index contributed by atoms with van der Waals surface area (Å²) in [6.45, 7) is 3.08. The van der Waals surface area contributed by atoms with E-state index in [2.05, 4.69) is 22.3 Å². The van der Waals surface area contributed by atoms with Gasteiger partial charge in [-0.2, -0.15) is 0 Å². The van der Waals surface area contributed by atoms with Gasteiger partial charge >= 0.3 is 0 Å². The van der Waals surface area contributed by atoms with Crippen LogP contribution in [-0.4, -0.2) is 31.7 Å². The van der Waals surface area contributed by atoms with Gasteiger partial charge in [0.2, 0.25) is 5.91 Å². The first-order valence-electron chi connectivity index (χ1n) is 8.58. The highest BCUT2D eigenvalue weighted by molar-refractivity contribution is 5.91. The fourth-order valence-electron chi connectivity index (χ4n) is 3.29. The molecule has 0 aliphatic carbocycles. The minimum atomic E-state index is 0.0534. The maximum absolute atomic E-state index is 12.1. The van der Waals surface area contributed by atoms with E-state index >= 15 is 0 Å². The molecule has 1 atom stereocenters. The zero-order valence-corrected chi connectivity index (χ0v) is 13.2. The minimum Gasteiger partial charge on any atom is -0.378 e. The van der Waals surface area contributed by atoms with Crippen molar-refractivity contribution in [3.63, 3.8) is 0 Å². The molecular weight excluding hydrogens is 276 g/mol. The summed E-state index contributed by atoms with van der Waals surface area (Å²) in [6.07, 6.45) is 7.75. The average molecular weight is 302 g/mol. The zero-order valence-electron chi connectivity index (χ0n) is 13.2. The second-order valence-electron chi connectivity index (χ2n) is 6.34. The summed E-state index contributed by atoms with van der Waals surface area (Å²) in [5.41, 5.74) is 2.13. The molecule has 22 heavy (non-hydrogen) atoms. The summed E-state index contributed by atoms with van der Waals surface area (Å²) in [6, 6.07) is 8.23. The van der Waals surface area contributed by atoms with Gasteiger partial charge in [-0.25, -0.2) is 0 Å². The van der Waals surface area contributed by atoms with Crippen LogP contribution in [0.2, 0.25) is 0 Å². The number of rotatable bonds is 4. The Balaban J connectivity index is 1.50. The first-order chi connectivity index (χ1) is 10.8. The van der Waals surface area contributed by atoms with Gasteiger partial charge < -0.3 is 15.0 Å². The summed E-state index contributed by atoms with van der Waals surface area (Å²) in [4.78, 5) is 14.5. The molecule has 4 nitrogen and oxygen atoms in total. The van der Waals surface area contributed by atoms with E-state index in [1.807, 2.05) is 12.1 Å². The lowest BCUT2D eigenvalue weighted by atomic mass is 10.1. The molecule has 4 heteroatoms. The molecule has 0 spiro atoms. The average Bonchev–Trinajstić information content (AvgIpc) is 2.57. The molecule has 1 N–H and O–H groups in total. The standard InChI is InChI=1S/C18H26N2O2/c21-18(14-17-6-2-5-13-22-17)19-15-7-9-16(10-8-15)20-11-3-1-4-12-20/h7-10,17H,1-6,11-14H2,(H,19,21). The lowest BCUT2D eigenvalue weighted by Gasteiger charge is -2.28. The van der Waals surface area contributed by atoms with Crippen molar-refractivity contribution in [1.82, 2.24) is 0 Å².